The molecule has 1 aromatic heterocycles. The molecule has 62 valence electrons. The van der Waals surface area contributed by atoms with Gasteiger partial charge in [-0.05, 0) is 24.6 Å². The van der Waals surface area contributed by atoms with Crippen LogP contribution in [-0.4, -0.2) is 10.8 Å². The van der Waals surface area contributed by atoms with Crippen LogP contribution >= 0.6 is 0 Å². The van der Waals surface area contributed by atoms with Crippen molar-refractivity contribution in [3.8, 4) is 0 Å². The zero-order chi connectivity index (χ0) is 8.97. The highest BCUT2D eigenvalue weighted by Crippen LogP contribution is 2.07. The van der Waals surface area contributed by atoms with Crippen LogP contribution in [0.15, 0.2) is 36.0 Å². The van der Waals surface area contributed by atoms with E-state index in [2.05, 4.69) is 16.6 Å². The van der Waals surface area contributed by atoms with Gasteiger partial charge in [-0.25, -0.2) is 9.98 Å². The van der Waals surface area contributed by atoms with Crippen molar-refractivity contribution in [1.82, 2.24) is 4.98 Å². The number of amidine groups is 1. The third kappa shape index (κ3) is 2.20. The van der Waals surface area contributed by atoms with Crippen LogP contribution in [0, 0.1) is 6.92 Å². The number of aromatic nitrogens is 1. The van der Waals surface area contributed by atoms with Gasteiger partial charge in [0.05, 0.1) is 0 Å². The normalized spacial score (nSPS) is 11.2. The summed E-state index contributed by atoms with van der Waals surface area (Å²) in [5.74, 6) is 0.990. The van der Waals surface area contributed by atoms with E-state index >= 15 is 0 Å². The van der Waals surface area contributed by atoms with E-state index < -0.39 is 0 Å². The molecule has 0 amide bonds. The Hall–Kier alpha value is -1.64. The third-order valence-corrected chi connectivity index (χ3v) is 1.35. The molecule has 0 fully saturated rings. The van der Waals surface area contributed by atoms with Gasteiger partial charge in [0.1, 0.15) is 5.84 Å². The third-order valence-electron chi connectivity index (χ3n) is 1.35. The van der Waals surface area contributed by atoms with Crippen LogP contribution in [-0.2, 0) is 0 Å². The van der Waals surface area contributed by atoms with Gasteiger partial charge in [0.2, 0.25) is 0 Å². The van der Waals surface area contributed by atoms with Gasteiger partial charge in [0, 0.05) is 6.20 Å². The van der Waals surface area contributed by atoms with Crippen molar-refractivity contribution >= 4 is 11.7 Å². The van der Waals surface area contributed by atoms with Crippen LogP contribution < -0.4 is 5.73 Å². The first-order valence-electron chi connectivity index (χ1n) is 3.61. The smallest absolute Gasteiger partial charge is 0.154 e. The predicted octanol–water partition coefficient (Wildman–Crippen LogP) is 1.56. The molecule has 0 aliphatic rings. The van der Waals surface area contributed by atoms with Gasteiger partial charge in [-0.3, -0.25) is 0 Å². The Balaban J connectivity index is 2.91. The molecule has 0 atom stereocenters. The lowest BCUT2D eigenvalue weighted by Gasteiger charge is -1.94. The van der Waals surface area contributed by atoms with Gasteiger partial charge < -0.3 is 5.73 Å². The second kappa shape index (κ2) is 3.67. The Morgan fingerprint density at radius 1 is 1.67 bits per heavy atom. The molecule has 1 rings (SSSR count). The maximum absolute atomic E-state index is 5.43. The minimum atomic E-state index is 0.381. The summed E-state index contributed by atoms with van der Waals surface area (Å²) in [5, 5.41) is 0. The number of aryl methyl sites for hydroxylation is 1. The summed E-state index contributed by atoms with van der Waals surface area (Å²) in [4.78, 5) is 8.03. The number of nitrogens with zero attached hydrogens (tertiary/aromatic N) is 2. The van der Waals surface area contributed by atoms with Crippen LogP contribution in [0.5, 0.6) is 0 Å². The van der Waals surface area contributed by atoms with E-state index in [1.807, 2.05) is 19.1 Å². The average Bonchev–Trinajstić information content (AvgIpc) is 2.09. The second-order valence-corrected chi connectivity index (χ2v) is 2.43. The Kier molecular flexibility index (Phi) is 2.58. The zero-order valence-electron chi connectivity index (χ0n) is 6.99. The van der Waals surface area contributed by atoms with E-state index in [4.69, 9.17) is 5.73 Å². The molecule has 0 saturated carbocycles. The molecule has 3 heteroatoms. The molecule has 3 nitrogen and oxygen atoms in total. The molecule has 0 saturated heterocycles. The van der Waals surface area contributed by atoms with Gasteiger partial charge in [-0.15, -0.1) is 0 Å². The lowest BCUT2D eigenvalue weighted by molar-refractivity contribution is 1.23. The fourth-order valence-corrected chi connectivity index (χ4v) is 0.704. The van der Waals surface area contributed by atoms with E-state index in [1.165, 1.54) is 6.08 Å². The van der Waals surface area contributed by atoms with Gasteiger partial charge in [-0.1, -0.05) is 12.6 Å². The number of rotatable bonds is 2. The average molecular weight is 161 g/mol. The Labute approximate surface area is 71.7 Å². The van der Waals surface area contributed by atoms with Crippen molar-refractivity contribution in [1.29, 1.82) is 0 Å². The molecule has 2 N–H and O–H groups in total. The molecule has 1 aromatic rings. The molecule has 0 spiro atoms. The lowest BCUT2D eigenvalue weighted by atomic mass is 10.3. The minimum absolute atomic E-state index is 0.381. The van der Waals surface area contributed by atoms with Crippen LogP contribution in [0.2, 0.25) is 0 Å². The fraction of sp³-hybridized carbons (Fsp3) is 0.111. The summed E-state index contributed by atoms with van der Waals surface area (Å²) >= 11 is 0. The standard InChI is InChI=1S/C9H11N3/c1-3-8(10)12-9-5-4-7(2)6-11-9/h3-6H,1H2,2H3,(H2,10,11,12). The predicted molar refractivity (Wildman–Crippen MR) is 50.5 cm³/mol. The van der Waals surface area contributed by atoms with E-state index in [-0.39, 0.29) is 0 Å². The molecular formula is C9H11N3. The topological polar surface area (TPSA) is 51.3 Å². The van der Waals surface area contributed by atoms with Crippen molar-refractivity contribution in [3.05, 3.63) is 36.5 Å². The number of hydrogen-bond donors (Lipinski definition) is 1. The lowest BCUT2D eigenvalue weighted by Crippen LogP contribution is -2.05. The summed E-state index contributed by atoms with van der Waals surface area (Å²) in [7, 11) is 0. The van der Waals surface area contributed by atoms with Gasteiger partial charge >= 0.3 is 0 Å². The van der Waals surface area contributed by atoms with Crippen LogP contribution in [0.3, 0.4) is 0 Å². The highest BCUT2D eigenvalue weighted by atomic mass is 14.9. The quantitative estimate of drug-likeness (QED) is 0.528. The van der Waals surface area contributed by atoms with E-state index in [0.717, 1.165) is 5.56 Å². The molecule has 12 heavy (non-hydrogen) atoms. The van der Waals surface area contributed by atoms with E-state index in [9.17, 15) is 0 Å². The van der Waals surface area contributed by atoms with Crippen molar-refractivity contribution in [2.24, 2.45) is 10.7 Å². The molecular weight excluding hydrogens is 150 g/mol. The zero-order valence-corrected chi connectivity index (χ0v) is 6.99. The Morgan fingerprint density at radius 3 is 2.92 bits per heavy atom. The first-order valence-corrected chi connectivity index (χ1v) is 3.61. The summed E-state index contributed by atoms with van der Waals surface area (Å²) in [6, 6.07) is 3.74. The Morgan fingerprint density at radius 2 is 2.42 bits per heavy atom. The van der Waals surface area contributed by atoms with Crippen molar-refractivity contribution in [2.45, 2.75) is 6.92 Å². The fourth-order valence-electron chi connectivity index (χ4n) is 0.704. The number of aliphatic imine (C=N–C) groups is 1. The van der Waals surface area contributed by atoms with Crippen LogP contribution in [0.25, 0.3) is 0 Å². The van der Waals surface area contributed by atoms with Gasteiger partial charge in [0.15, 0.2) is 5.82 Å². The SMILES string of the molecule is C=CC(N)=Nc1ccc(C)cn1. The highest BCUT2D eigenvalue weighted by molar-refractivity contribution is 5.92. The van der Waals surface area contributed by atoms with E-state index in [0.29, 0.717) is 11.7 Å². The molecule has 0 bridgehead atoms. The largest absolute Gasteiger partial charge is 0.384 e. The summed E-state index contributed by atoms with van der Waals surface area (Å²) in [5.41, 5.74) is 6.54. The number of hydrogen-bond acceptors (Lipinski definition) is 2. The first kappa shape index (κ1) is 8.46. The van der Waals surface area contributed by atoms with Gasteiger partial charge in [-0.2, -0.15) is 0 Å². The summed E-state index contributed by atoms with van der Waals surface area (Å²) in [6.07, 6.45) is 3.23. The van der Waals surface area contributed by atoms with Crippen LogP contribution in [0.1, 0.15) is 5.56 Å². The number of nitrogens with two attached hydrogens (primary N) is 1. The molecule has 0 aromatic carbocycles. The van der Waals surface area contributed by atoms with Crippen molar-refractivity contribution in [2.75, 3.05) is 0 Å². The molecule has 1 heterocycles. The monoisotopic (exact) mass is 161 g/mol. The molecule has 0 aliphatic carbocycles. The molecule has 0 unspecified atom stereocenters. The van der Waals surface area contributed by atoms with Gasteiger partial charge in [0.25, 0.3) is 0 Å². The molecule has 0 radical (unpaired) electrons. The maximum Gasteiger partial charge on any atom is 0.154 e. The van der Waals surface area contributed by atoms with Crippen LogP contribution in [0.4, 0.5) is 5.82 Å². The summed E-state index contributed by atoms with van der Waals surface area (Å²) in [6.45, 7) is 5.46. The highest BCUT2D eigenvalue weighted by Gasteiger charge is 1.89. The molecule has 0 aliphatic heterocycles. The minimum Gasteiger partial charge on any atom is -0.384 e. The first-order chi connectivity index (χ1) is 5.72. The van der Waals surface area contributed by atoms with Crippen molar-refractivity contribution in [3.63, 3.8) is 0 Å². The maximum atomic E-state index is 5.43. The second-order valence-electron chi connectivity index (χ2n) is 2.43. The number of pyridine rings is 1. The van der Waals surface area contributed by atoms with E-state index in [1.54, 1.807) is 6.20 Å². The Bertz CT molecular complexity index is 298. The van der Waals surface area contributed by atoms with Crippen molar-refractivity contribution < 1.29 is 0 Å². The summed E-state index contributed by atoms with van der Waals surface area (Å²) < 4.78 is 0.